The van der Waals surface area contributed by atoms with Crippen LogP contribution in [0.4, 0.5) is 5.69 Å². The second-order valence-corrected chi connectivity index (χ2v) is 5.75. The van der Waals surface area contributed by atoms with Crippen LogP contribution in [0.15, 0.2) is 12.3 Å². The van der Waals surface area contributed by atoms with Crippen LogP contribution in [0.25, 0.3) is 0 Å². The Morgan fingerprint density at radius 3 is 2.84 bits per heavy atom. The van der Waals surface area contributed by atoms with Gasteiger partial charge in [-0.25, -0.2) is 4.98 Å². The van der Waals surface area contributed by atoms with Gasteiger partial charge >= 0.3 is 0 Å². The predicted molar refractivity (Wildman–Crippen MR) is 70.1 cm³/mol. The number of carbonyl (C=O) groups is 1. The van der Waals surface area contributed by atoms with Gasteiger partial charge in [0.1, 0.15) is 11.3 Å². The standard InChI is InChI=1S/C12H14ClN3O3/c1-12(2)4-7(12)5-15-11(17)9-3-8(16(18)19)6-14-10(9)13/h3,6-7H,4-5H2,1-2H3,(H,15,17). The van der Waals surface area contributed by atoms with E-state index in [1.54, 1.807) is 0 Å². The van der Waals surface area contributed by atoms with Gasteiger partial charge in [-0.05, 0) is 17.8 Å². The highest BCUT2D eigenvalue weighted by atomic mass is 35.5. The van der Waals surface area contributed by atoms with Crippen molar-refractivity contribution >= 4 is 23.2 Å². The van der Waals surface area contributed by atoms with Crippen LogP contribution < -0.4 is 5.32 Å². The van der Waals surface area contributed by atoms with E-state index in [2.05, 4.69) is 24.1 Å². The number of nitro groups is 1. The summed E-state index contributed by atoms with van der Waals surface area (Å²) in [7, 11) is 0. The molecule has 1 amide bonds. The molecule has 19 heavy (non-hydrogen) atoms. The van der Waals surface area contributed by atoms with Crippen molar-refractivity contribution in [1.82, 2.24) is 10.3 Å². The first-order valence-corrected chi connectivity index (χ1v) is 6.27. The van der Waals surface area contributed by atoms with E-state index in [1.165, 1.54) is 0 Å². The number of halogens is 1. The van der Waals surface area contributed by atoms with Gasteiger partial charge in [-0.2, -0.15) is 0 Å². The van der Waals surface area contributed by atoms with Crippen molar-refractivity contribution in [2.24, 2.45) is 11.3 Å². The zero-order valence-electron chi connectivity index (χ0n) is 10.6. The lowest BCUT2D eigenvalue weighted by Gasteiger charge is -2.07. The maximum Gasteiger partial charge on any atom is 0.288 e. The fourth-order valence-corrected chi connectivity index (χ4v) is 2.12. The summed E-state index contributed by atoms with van der Waals surface area (Å²) in [4.78, 5) is 25.6. The van der Waals surface area contributed by atoms with E-state index in [0.29, 0.717) is 12.5 Å². The lowest BCUT2D eigenvalue weighted by molar-refractivity contribution is -0.385. The molecule has 0 aliphatic heterocycles. The van der Waals surface area contributed by atoms with Gasteiger partial charge in [-0.15, -0.1) is 0 Å². The van der Waals surface area contributed by atoms with Crippen molar-refractivity contribution < 1.29 is 9.72 Å². The second kappa shape index (κ2) is 4.77. The molecule has 1 heterocycles. The molecule has 102 valence electrons. The molecule has 2 rings (SSSR count). The van der Waals surface area contributed by atoms with E-state index in [1.807, 2.05) is 0 Å². The van der Waals surface area contributed by atoms with Crippen molar-refractivity contribution in [3.05, 3.63) is 33.1 Å². The molecule has 0 spiro atoms. The van der Waals surface area contributed by atoms with Crippen LogP contribution >= 0.6 is 11.6 Å². The first-order chi connectivity index (χ1) is 8.81. The number of pyridine rings is 1. The molecule has 1 unspecified atom stereocenters. The molecule has 0 radical (unpaired) electrons. The molecule has 0 bridgehead atoms. The van der Waals surface area contributed by atoms with Crippen LogP contribution in [0.1, 0.15) is 30.6 Å². The van der Waals surface area contributed by atoms with Gasteiger partial charge in [-0.3, -0.25) is 14.9 Å². The quantitative estimate of drug-likeness (QED) is 0.522. The summed E-state index contributed by atoms with van der Waals surface area (Å²) in [5.41, 5.74) is 0.0495. The van der Waals surface area contributed by atoms with E-state index >= 15 is 0 Å². The van der Waals surface area contributed by atoms with E-state index in [9.17, 15) is 14.9 Å². The molecule has 7 heteroatoms. The molecule has 1 aromatic heterocycles. The van der Waals surface area contributed by atoms with Crippen LogP contribution in [0, 0.1) is 21.4 Å². The van der Waals surface area contributed by atoms with Gasteiger partial charge in [0.05, 0.1) is 10.5 Å². The summed E-state index contributed by atoms with van der Waals surface area (Å²) in [5.74, 6) is 0.0192. The van der Waals surface area contributed by atoms with Gasteiger partial charge in [0.25, 0.3) is 11.6 Å². The highest BCUT2D eigenvalue weighted by Gasteiger charge is 2.45. The van der Waals surface area contributed by atoms with Gasteiger partial charge in [0.2, 0.25) is 0 Å². The summed E-state index contributed by atoms with van der Waals surface area (Å²) in [6, 6.07) is 1.14. The number of hydrogen-bond acceptors (Lipinski definition) is 4. The largest absolute Gasteiger partial charge is 0.352 e. The molecule has 0 saturated heterocycles. The zero-order chi connectivity index (χ0) is 14.2. The van der Waals surface area contributed by atoms with E-state index in [-0.39, 0.29) is 21.8 Å². The van der Waals surface area contributed by atoms with Crippen molar-refractivity contribution in [1.29, 1.82) is 0 Å². The topological polar surface area (TPSA) is 85.1 Å². The average Bonchev–Trinajstić information content (AvgIpc) is 2.94. The van der Waals surface area contributed by atoms with Crippen LogP contribution in [0.3, 0.4) is 0 Å². The Labute approximate surface area is 115 Å². The molecule has 1 aliphatic carbocycles. The minimum atomic E-state index is -0.607. The Balaban J connectivity index is 2.06. The van der Waals surface area contributed by atoms with Crippen molar-refractivity contribution in [3.8, 4) is 0 Å². The number of amides is 1. The van der Waals surface area contributed by atoms with E-state index in [0.717, 1.165) is 18.7 Å². The molecular formula is C12H14ClN3O3. The molecule has 1 atom stereocenters. The SMILES string of the molecule is CC1(C)CC1CNC(=O)c1cc([N+](=O)[O-])cnc1Cl. The van der Waals surface area contributed by atoms with Crippen molar-refractivity contribution in [2.75, 3.05) is 6.54 Å². The normalized spacial score (nSPS) is 19.8. The van der Waals surface area contributed by atoms with Crippen molar-refractivity contribution in [2.45, 2.75) is 20.3 Å². The third-order valence-corrected chi connectivity index (χ3v) is 3.81. The highest BCUT2D eigenvalue weighted by Crippen LogP contribution is 2.50. The Hall–Kier alpha value is -1.69. The third kappa shape index (κ3) is 3.01. The first-order valence-electron chi connectivity index (χ1n) is 5.89. The molecule has 6 nitrogen and oxygen atoms in total. The highest BCUT2D eigenvalue weighted by molar-refractivity contribution is 6.32. The van der Waals surface area contributed by atoms with Crippen LogP contribution in [0.2, 0.25) is 5.15 Å². The molecule has 1 saturated carbocycles. The maximum absolute atomic E-state index is 11.9. The number of nitrogens with zero attached hydrogens (tertiary/aromatic N) is 2. The minimum absolute atomic E-state index is 0.0295. The first kappa shape index (κ1) is 13.7. The summed E-state index contributed by atoms with van der Waals surface area (Å²) in [6.07, 6.45) is 2.09. The molecule has 0 aromatic carbocycles. The number of aromatic nitrogens is 1. The molecule has 1 fully saturated rings. The van der Waals surface area contributed by atoms with Crippen LogP contribution in [-0.2, 0) is 0 Å². The third-order valence-electron chi connectivity index (χ3n) is 3.51. The number of hydrogen-bond donors (Lipinski definition) is 1. The predicted octanol–water partition coefficient (Wildman–Crippen LogP) is 2.42. The fourth-order valence-electron chi connectivity index (χ4n) is 1.93. The second-order valence-electron chi connectivity index (χ2n) is 5.39. The molecule has 1 aromatic rings. The van der Waals surface area contributed by atoms with Gasteiger partial charge in [-0.1, -0.05) is 25.4 Å². The number of carbonyl (C=O) groups excluding carboxylic acids is 1. The van der Waals surface area contributed by atoms with E-state index in [4.69, 9.17) is 11.6 Å². The van der Waals surface area contributed by atoms with Crippen molar-refractivity contribution in [3.63, 3.8) is 0 Å². The Bertz CT molecular complexity index is 545. The van der Waals surface area contributed by atoms with Gasteiger partial charge in [0, 0.05) is 12.6 Å². The van der Waals surface area contributed by atoms with E-state index < -0.39 is 10.8 Å². The van der Waals surface area contributed by atoms with Gasteiger partial charge < -0.3 is 5.32 Å². The van der Waals surface area contributed by atoms with Crippen LogP contribution in [0.5, 0.6) is 0 Å². The average molecular weight is 284 g/mol. The van der Waals surface area contributed by atoms with Crippen LogP contribution in [-0.4, -0.2) is 22.4 Å². The Kier molecular flexibility index (Phi) is 3.45. The fraction of sp³-hybridized carbons (Fsp3) is 0.500. The Morgan fingerprint density at radius 2 is 2.32 bits per heavy atom. The zero-order valence-corrected chi connectivity index (χ0v) is 11.4. The smallest absolute Gasteiger partial charge is 0.288 e. The Morgan fingerprint density at radius 1 is 1.68 bits per heavy atom. The molecule has 1 aliphatic rings. The summed E-state index contributed by atoms with van der Waals surface area (Å²) >= 11 is 5.79. The summed E-state index contributed by atoms with van der Waals surface area (Å²) < 4.78 is 0. The summed E-state index contributed by atoms with van der Waals surface area (Å²) in [5, 5.41) is 13.3. The lowest BCUT2D eigenvalue weighted by Crippen LogP contribution is -2.27. The number of rotatable bonds is 4. The lowest BCUT2D eigenvalue weighted by atomic mass is 10.1. The molecular weight excluding hydrogens is 270 g/mol. The summed E-state index contributed by atoms with van der Waals surface area (Å²) in [6.45, 7) is 4.81. The maximum atomic E-state index is 11.9. The minimum Gasteiger partial charge on any atom is -0.352 e. The molecule has 1 N–H and O–H groups in total. The van der Waals surface area contributed by atoms with Gasteiger partial charge in [0.15, 0.2) is 0 Å². The monoisotopic (exact) mass is 283 g/mol. The number of nitrogens with one attached hydrogen (secondary N) is 1.